The first kappa shape index (κ1) is 24.2. The molecule has 4 fully saturated rings. The van der Waals surface area contributed by atoms with Crippen molar-refractivity contribution >= 4 is 23.3 Å². The summed E-state index contributed by atoms with van der Waals surface area (Å²) < 4.78 is 5.52. The fraction of sp³-hybridized carbons (Fsp3) is 0.654. The zero-order chi connectivity index (χ0) is 24.7. The number of ketones is 1. The summed E-state index contributed by atoms with van der Waals surface area (Å²) in [6.07, 6.45) is 2.92. The molecule has 0 spiro atoms. The molecular weight excluding hydrogens is 446 g/mol. The van der Waals surface area contributed by atoms with Crippen LogP contribution < -0.4 is 16.0 Å². The van der Waals surface area contributed by atoms with Gasteiger partial charge in [-0.15, -0.1) is 0 Å². The van der Waals surface area contributed by atoms with Crippen molar-refractivity contribution in [2.75, 3.05) is 44.2 Å². The second-order valence-corrected chi connectivity index (χ2v) is 10.5. The first-order valence-corrected chi connectivity index (χ1v) is 13.0. The number of piperazine rings is 1. The van der Waals surface area contributed by atoms with E-state index in [1.807, 2.05) is 38.1 Å². The molecule has 3 saturated heterocycles. The predicted molar refractivity (Wildman–Crippen MR) is 132 cm³/mol. The molecule has 1 aliphatic carbocycles. The molecule has 1 aromatic carbocycles. The largest absolute Gasteiger partial charge is 0.369 e. The number of nitrogens with zero attached hydrogens (tertiary/aromatic N) is 3. The molecule has 0 radical (unpaired) electrons. The Morgan fingerprint density at radius 1 is 1.14 bits per heavy atom. The number of hydrogen-bond acceptors (Lipinski definition) is 7. The number of fused-ring (bicyclic) bond motifs is 1. The van der Waals surface area contributed by atoms with E-state index in [0.29, 0.717) is 12.0 Å². The molecule has 0 aromatic heterocycles. The normalized spacial score (nSPS) is 28.7. The van der Waals surface area contributed by atoms with Gasteiger partial charge in [-0.3, -0.25) is 19.3 Å². The van der Waals surface area contributed by atoms with Gasteiger partial charge in [-0.25, -0.2) is 0 Å². The number of anilines is 1. The number of carbonyl (C=O) groups excluding carboxylic acids is 3. The quantitative estimate of drug-likeness (QED) is 0.585. The summed E-state index contributed by atoms with van der Waals surface area (Å²) >= 11 is 0. The van der Waals surface area contributed by atoms with Gasteiger partial charge in [-0.2, -0.15) is 0 Å². The van der Waals surface area contributed by atoms with E-state index in [1.54, 1.807) is 0 Å². The van der Waals surface area contributed by atoms with Crippen molar-refractivity contribution in [1.29, 1.82) is 0 Å². The van der Waals surface area contributed by atoms with Gasteiger partial charge >= 0.3 is 0 Å². The highest BCUT2D eigenvalue weighted by Gasteiger charge is 2.52. The Balaban J connectivity index is 1.24. The van der Waals surface area contributed by atoms with Gasteiger partial charge in [0.15, 0.2) is 5.78 Å². The summed E-state index contributed by atoms with van der Waals surface area (Å²) in [7, 11) is 0. The van der Waals surface area contributed by atoms with Gasteiger partial charge in [0.2, 0.25) is 5.91 Å². The summed E-state index contributed by atoms with van der Waals surface area (Å²) in [6, 6.07) is 6.63. The average Bonchev–Trinajstić information content (AvgIpc) is 3.58. The highest BCUT2D eigenvalue weighted by atomic mass is 16.5. The van der Waals surface area contributed by atoms with Gasteiger partial charge in [0, 0.05) is 50.0 Å². The van der Waals surface area contributed by atoms with Gasteiger partial charge in [0.25, 0.3) is 5.91 Å². The number of carbonyl (C=O) groups is 3. The fourth-order valence-corrected chi connectivity index (χ4v) is 5.61. The van der Waals surface area contributed by atoms with Gasteiger partial charge in [-0.1, -0.05) is 20.3 Å². The number of benzene rings is 1. The Hall–Kier alpha value is -2.49. The molecule has 3 N–H and O–H groups in total. The molecule has 35 heavy (non-hydrogen) atoms. The van der Waals surface area contributed by atoms with Crippen molar-refractivity contribution in [3.8, 4) is 0 Å². The Bertz CT molecular complexity index is 957. The van der Waals surface area contributed by atoms with Crippen LogP contribution in [-0.2, 0) is 14.3 Å². The highest BCUT2D eigenvalue weighted by Crippen LogP contribution is 2.29. The minimum Gasteiger partial charge on any atom is -0.369 e. The Kier molecular flexibility index (Phi) is 6.83. The van der Waals surface area contributed by atoms with E-state index in [-0.39, 0.29) is 36.7 Å². The predicted octanol–water partition coefficient (Wildman–Crippen LogP) is 0.622. The second-order valence-electron chi connectivity index (χ2n) is 10.5. The van der Waals surface area contributed by atoms with E-state index < -0.39 is 24.2 Å². The molecule has 9 heteroatoms. The number of hydrogen-bond donors (Lipinski definition) is 2. The lowest BCUT2D eigenvalue weighted by Gasteiger charge is -2.36. The number of nitrogens with two attached hydrogens (primary N) is 1. The second kappa shape index (κ2) is 9.87. The molecule has 190 valence electrons. The third kappa shape index (κ3) is 4.81. The van der Waals surface area contributed by atoms with Gasteiger partial charge in [-0.05, 0) is 43.0 Å². The maximum Gasteiger partial charge on any atom is 0.251 e. The van der Waals surface area contributed by atoms with Crippen LogP contribution >= 0.6 is 0 Å². The number of amides is 2. The smallest absolute Gasteiger partial charge is 0.251 e. The van der Waals surface area contributed by atoms with Gasteiger partial charge in [0.05, 0.1) is 6.04 Å². The highest BCUT2D eigenvalue weighted by molar-refractivity contribution is 5.99. The van der Waals surface area contributed by atoms with Crippen LogP contribution in [0.3, 0.4) is 0 Å². The topological polar surface area (TPSA) is 108 Å². The van der Waals surface area contributed by atoms with E-state index in [0.717, 1.165) is 37.9 Å². The molecule has 1 aromatic rings. The molecule has 5 atom stereocenters. The van der Waals surface area contributed by atoms with Crippen molar-refractivity contribution in [3.05, 3.63) is 29.8 Å². The molecule has 3 heterocycles. The molecule has 0 bridgehead atoms. The van der Waals surface area contributed by atoms with Crippen molar-refractivity contribution in [2.45, 2.75) is 63.4 Å². The van der Waals surface area contributed by atoms with Gasteiger partial charge in [0.1, 0.15) is 24.8 Å². The molecule has 1 saturated carbocycles. The summed E-state index contributed by atoms with van der Waals surface area (Å²) in [5, 5.41) is 2.95. The summed E-state index contributed by atoms with van der Waals surface area (Å²) in [5.41, 5.74) is 7.78. The molecule has 2 amide bonds. The Labute approximate surface area is 206 Å². The minimum atomic E-state index is -0.734. The van der Waals surface area contributed by atoms with Crippen LogP contribution in [0.1, 0.15) is 43.5 Å². The number of rotatable bonds is 7. The van der Waals surface area contributed by atoms with Crippen LogP contribution in [0.5, 0.6) is 0 Å². The SMILES string of the molecule is CC[C@H](C)[C@H](NC(=O)c1ccc(N2CCN(C3CC3)CC2)cc1)C(=O)N1C[C@H](N)[C@H]2OCC(=O)[C@H]21. The van der Waals surface area contributed by atoms with Crippen LogP contribution in [0.4, 0.5) is 5.69 Å². The van der Waals surface area contributed by atoms with Crippen LogP contribution in [0, 0.1) is 5.92 Å². The number of ether oxygens (including phenoxy) is 1. The Morgan fingerprint density at radius 2 is 1.83 bits per heavy atom. The number of nitrogens with one attached hydrogen (secondary N) is 1. The third-order valence-corrected chi connectivity index (χ3v) is 8.15. The molecule has 4 aliphatic rings. The number of Topliss-reactive ketones (excluding diaryl/α,β-unsaturated/α-hetero) is 1. The van der Waals surface area contributed by atoms with Crippen molar-refractivity contribution < 1.29 is 19.1 Å². The molecule has 3 aliphatic heterocycles. The molecule has 5 rings (SSSR count). The maximum atomic E-state index is 13.5. The standard InChI is InChI=1S/C26H37N5O4/c1-3-16(2)22(26(34)31-14-20(27)24-23(31)21(32)15-35-24)28-25(33)17-4-6-18(7-5-17)29-10-12-30(13-11-29)19-8-9-19/h4-7,16,19-20,22-24H,3,8-15,27H2,1-2H3,(H,28,33)/t16-,20-,22-,23+,24+/m0/s1. The fourth-order valence-electron chi connectivity index (χ4n) is 5.61. The lowest BCUT2D eigenvalue weighted by atomic mass is 9.96. The molecule has 0 unspecified atom stereocenters. The lowest BCUT2D eigenvalue weighted by molar-refractivity contribution is -0.139. The zero-order valence-electron chi connectivity index (χ0n) is 20.7. The zero-order valence-corrected chi connectivity index (χ0v) is 20.7. The third-order valence-electron chi connectivity index (χ3n) is 8.15. The average molecular weight is 484 g/mol. The summed E-state index contributed by atoms with van der Waals surface area (Å²) in [4.78, 5) is 45.5. The van der Waals surface area contributed by atoms with Crippen molar-refractivity contribution in [2.24, 2.45) is 11.7 Å². The first-order chi connectivity index (χ1) is 16.9. The van der Waals surface area contributed by atoms with E-state index >= 15 is 0 Å². The molecule has 9 nitrogen and oxygen atoms in total. The van der Waals surface area contributed by atoms with Gasteiger partial charge < -0.3 is 25.6 Å². The van der Waals surface area contributed by atoms with Crippen LogP contribution in [0.25, 0.3) is 0 Å². The lowest BCUT2D eigenvalue weighted by Crippen LogP contribution is -2.54. The maximum absolute atomic E-state index is 13.5. The van der Waals surface area contributed by atoms with Crippen molar-refractivity contribution in [3.63, 3.8) is 0 Å². The first-order valence-electron chi connectivity index (χ1n) is 13.0. The minimum absolute atomic E-state index is 0.0187. The van der Waals surface area contributed by atoms with Crippen LogP contribution in [0.2, 0.25) is 0 Å². The van der Waals surface area contributed by atoms with Crippen LogP contribution in [-0.4, -0.2) is 97.0 Å². The molecular formula is C26H37N5O4. The van der Waals surface area contributed by atoms with E-state index in [2.05, 4.69) is 15.1 Å². The van der Waals surface area contributed by atoms with E-state index in [4.69, 9.17) is 10.5 Å². The number of likely N-dealkylation sites (tertiary alicyclic amines) is 1. The van der Waals surface area contributed by atoms with Crippen LogP contribution in [0.15, 0.2) is 24.3 Å². The summed E-state index contributed by atoms with van der Waals surface area (Å²) in [6.45, 7) is 8.32. The monoisotopic (exact) mass is 483 g/mol. The Morgan fingerprint density at radius 3 is 2.46 bits per heavy atom. The van der Waals surface area contributed by atoms with E-state index in [1.165, 1.54) is 17.7 Å². The summed E-state index contributed by atoms with van der Waals surface area (Å²) in [5.74, 6) is -0.775. The van der Waals surface area contributed by atoms with E-state index in [9.17, 15) is 14.4 Å². The van der Waals surface area contributed by atoms with Crippen molar-refractivity contribution in [1.82, 2.24) is 15.1 Å².